The summed E-state index contributed by atoms with van der Waals surface area (Å²) in [5.41, 5.74) is 1.02. The van der Waals surface area contributed by atoms with E-state index in [1.54, 1.807) is 6.26 Å². The predicted molar refractivity (Wildman–Crippen MR) is 79.9 cm³/mol. The Morgan fingerprint density at radius 1 is 1.35 bits per heavy atom. The average Bonchev–Trinajstić information content (AvgIpc) is 3.21. The third-order valence-electron chi connectivity index (χ3n) is 4.54. The van der Waals surface area contributed by atoms with Crippen molar-refractivity contribution in [2.24, 2.45) is 0 Å². The minimum Gasteiger partial charge on any atom is -0.432 e. The van der Waals surface area contributed by atoms with Gasteiger partial charge in [0.25, 0.3) is 6.01 Å². The second-order valence-corrected chi connectivity index (χ2v) is 6.05. The summed E-state index contributed by atoms with van der Waals surface area (Å²) in [5, 5.41) is 3.47. The standard InChI is InChI=1S/C15H26N4O/c1-3-19-8-6-14(7-9-19)18(2)15-17-13(11-20-15)10-16-12-4-5-12/h11-12,14,16H,3-10H2,1-2H3. The molecule has 2 aliphatic rings. The van der Waals surface area contributed by atoms with Crippen LogP contribution in [0, 0.1) is 0 Å². The molecule has 1 aliphatic carbocycles. The van der Waals surface area contributed by atoms with E-state index in [-0.39, 0.29) is 0 Å². The molecule has 1 N–H and O–H groups in total. The lowest BCUT2D eigenvalue weighted by Crippen LogP contribution is -2.43. The highest BCUT2D eigenvalue weighted by Crippen LogP contribution is 2.22. The van der Waals surface area contributed by atoms with Gasteiger partial charge < -0.3 is 19.5 Å². The molecule has 1 aromatic heterocycles. The van der Waals surface area contributed by atoms with Crippen molar-refractivity contribution < 1.29 is 4.42 Å². The number of nitrogens with zero attached hydrogens (tertiary/aromatic N) is 3. The van der Waals surface area contributed by atoms with E-state index < -0.39 is 0 Å². The molecule has 0 bridgehead atoms. The van der Waals surface area contributed by atoms with Crippen LogP contribution < -0.4 is 10.2 Å². The van der Waals surface area contributed by atoms with Gasteiger partial charge in [-0.3, -0.25) is 0 Å². The van der Waals surface area contributed by atoms with E-state index >= 15 is 0 Å². The molecule has 2 heterocycles. The fourth-order valence-corrected chi connectivity index (χ4v) is 2.85. The van der Waals surface area contributed by atoms with E-state index in [1.807, 2.05) is 0 Å². The molecule has 2 fully saturated rings. The molecule has 5 heteroatoms. The van der Waals surface area contributed by atoms with Crippen LogP contribution in [0.1, 0.15) is 38.3 Å². The number of piperidine rings is 1. The molecule has 1 saturated heterocycles. The van der Waals surface area contributed by atoms with Crippen LogP contribution in [0.15, 0.2) is 10.7 Å². The fourth-order valence-electron chi connectivity index (χ4n) is 2.85. The molecule has 0 spiro atoms. The highest BCUT2D eigenvalue weighted by Gasteiger charge is 2.25. The van der Waals surface area contributed by atoms with Crippen LogP contribution >= 0.6 is 0 Å². The van der Waals surface area contributed by atoms with Crippen molar-refractivity contribution in [1.82, 2.24) is 15.2 Å². The van der Waals surface area contributed by atoms with Crippen molar-refractivity contribution in [3.8, 4) is 0 Å². The molecule has 0 radical (unpaired) electrons. The Bertz CT molecular complexity index is 421. The van der Waals surface area contributed by atoms with E-state index in [9.17, 15) is 0 Å². The topological polar surface area (TPSA) is 44.5 Å². The van der Waals surface area contributed by atoms with Gasteiger partial charge in [-0.2, -0.15) is 4.98 Å². The van der Waals surface area contributed by atoms with E-state index in [2.05, 4.69) is 34.1 Å². The molecule has 0 aromatic carbocycles. The maximum Gasteiger partial charge on any atom is 0.297 e. The Morgan fingerprint density at radius 3 is 2.75 bits per heavy atom. The minimum absolute atomic E-state index is 0.556. The summed E-state index contributed by atoms with van der Waals surface area (Å²) < 4.78 is 5.65. The Balaban J connectivity index is 1.52. The van der Waals surface area contributed by atoms with E-state index in [0.29, 0.717) is 12.1 Å². The van der Waals surface area contributed by atoms with Gasteiger partial charge in [-0.1, -0.05) is 6.92 Å². The van der Waals surface area contributed by atoms with Crippen LogP contribution in [0.25, 0.3) is 0 Å². The zero-order valence-electron chi connectivity index (χ0n) is 12.6. The Morgan fingerprint density at radius 2 is 2.10 bits per heavy atom. The molecule has 1 aliphatic heterocycles. The van der Waals surface area contributed by atoms with Crippen molar-refractivity contribution in [2.75, 3.05) is 31.6 Å². The first-order valence-corrected chi connectivity index (χ1v) is 7.89. The predicted octanol–water partition coefficient (Wildman–Crippen LogP) is 1.85. The van der Waals surface area contributed by atoms with Crippen LogP contribution in [0.5, 0.6) is 0 Å². The Kier molecular flexibility index (Phi) is 4.27. The number of hydrogen-bond donors (Lipinski definition) is 1. The number of hydrogen-bond acceptors (Lipinski definition) is 5. The molecule has 1 saturated carbocycles. The molecular weight excluding hydrogens is 252 g/mol. The zero-order chi connectivity index (χ0) is 13.9. The Labute approximate surface area is 121 Å². The number of likely N-dealkylation sites (tertiary alicyclic amines) is 1. The van der Waals surface area contributed by atoms with Gasteiger partial charge in [-0.05, 0) is 32.2 Å². The summed E-state index contributed by atoms with van der Waals surface area (Å²) >= 11 is 0. The largest absolute Gasteiger partial charge is 0.432 e. The van der Waals surface area contributed by atoms with Gasteiger partial charge in [-0.25, -0.2) is 0 Å². The first kappa shape index (κ1) is 13.9. The van der Waals surface area contributed by atoms with E-state index in [1.165, 1.54) is 38.8 Å². The maximum atomic E-state index is 5.65. The molecular formula is C15H26N4O. The van der Waals surface area contributed by atoms with Crippen molar-refractivity contribution in [2.45, 2.75) is 51.2 Å². The van der Waals surface area contributed by atoms with Gasteiger partial charge in [0.15, 0.2) is 0 Å². The molecule has 20 heavy (non-hydrogen) atoms. The normalized spacial score (nSPS) is 21.3. The van der Waals surface area contributed by atoms with Gasteiger partial charge in [0, 0.05) is 38.8 Å². The third-order valence-corrected chi connectivity index (χ3v) is 4.54. The summed E-state index contributed by atoms with van der Waals surface area (Å²) in [6.07, 6.45) is 6.80. The smallest absolute Gasteiger partial charge is 0.297 e. The first-order chi connectivity index (χ1) is 9.76. The summed E-state index contributed by atoms with van der Waals surface area (Å²) in [6.45, 7) is 6.59. The van der Waals surface area contributed by atoms with Crippen LogP contribution in [-0.4, -0.2) is 48.6 Å². The van der Waals surface area contributed by atoms with Gasteiger partial charge in [-0.15, -0.1) is 0 Å². The summed E-state index contributed by atoms with van der Waals surface area (Å²) in [4.78, 5) is 9.33. The number of nitrogens with one attached hydrogen (secondary N) is 1. The second-order valence-electron chi connectivity index (χ2n) is 6.05. The van der Waals surface area contributed by atoms with E-state index in [0.717, 1.165) is 24.8 Å². The SMILES string of the molecule is CCN1CCC(N(C)c2nc(CNC3CC3)co2)CC1. The highest BCUT2D eigenvalue weighted by molar-refractivity contribution is 5.27. The van der Waals surface area contributed by atoms with Crippen molar-refractivity contribution in [1.29, 1.82) is 0 Å². The quantitative estimate of drug-likeness (QED) is 0.860. The van der Waals surface area contributed by atoms with Gasteiger partial charge in [0.2, 0.25) is 0 Å². The van der Waals surface area contributed by atoms with Crippen molar-refractivity contribution >= 4 is 6.01 Å². The fraction of sp³-hybridized carbons (Fsp3) is 0.800. The minimum atomic E-state index is 0.556. The lowest BCUT2D eigenvalue weighted by molar-refractivity contribution is 0.218. The Hall–Kier alpha value is -1.07. The van der Waals surface area contributed by atoms with Crippen LogP contribution in [0.4, 0.5) is 6.01 Å². The summed E-state index contributed by atoms with van der Waals surface area (Å²) in [5.74, 6) is 0. The summed E-state index contributed by atoms with van der Waals surface area (Å²) in [7, 11) is 2.11. The highest BCUT2D eigenvalue weighted by atomic mass is 16.4. The maximum absolute atomic E-state index is 5.65. The van der Waals surface area contributed by atoms with Crippen LogP contribution in [0.3, 0.4) is 0 Å². The molecule has 0 amide bonds. The van der Waals surface area contributed by atoms with Gasteiger partial charge in [0.05, 0.1) is 5.69 Å². The van der Waals surface area contributed by atoms with Crippen molar-refractivity contribution in [3.63, 3.8) is 0 Å². The summed E-state index contributed by atoms with van der Waals surface area (Å²) in [6, 6.07) is 2.04. The lowest BCUT2D eigenvalue weighted by atomic mass is 10.0. The zero-order valence-corrected chi connectivity index (χ0v) is 12.6. The molecule has 3 rings (SSSR count). The van der Waals surface area contributed by atoms with Crippen LogP contribution in [-0.2, 0) is 6.54 Å². The lowest BCUT2D eigenvalue weighted by Gasteiger charge is -2.35. The number of aromatic nitrogens is 1. The van der Waals surface area contributed by atoms with Crippen LogP contribution in [0.2, 0.25) is 0 Å². The number of oxazole rings is 1. The van der Waals surface area contributed by atoms with Gasteiger partial charge in [0.1, 0.15) is 6.26 Å². The molecule has 112 valence electrons. The molecule has 5 nitrogen and oxygen atoms in total. The first-order valence-electron chi connectivity index (χ1n) is 7.89. The second kappa shape index (κ2) is 6.14. The molecule has 0 unspecified atom stereocenters. The number of rotatable bonds is 6. The molecule has 1 aromatic rings. The average molecular weight is 278 g/mol. The van der Waals surface area contributed by atoms with Crippen molar-refractivity contribution in [3.05, 3.63) is 12.0 Å². The number of anilines is 1. The third kappa shape index (κ3) is 3.33. The molecule has 0 atom stereocenters. The monoisotopic (exact) mass is 278 g/mol. The van der Waals surface area contributed by atoms with Gasteiger partial charge >= 0.3 is 0 Å². The van der Waals surface area contributed by atoms with E-state index in [4.69, 9.17) is 4.42 Å².